The van der Waals surface area contributed by atoms with Gasteiger partial charge in [-0.25, -0.2) is 58.3 Å². The fourth-order valence-corrected chi connectivity index (χ4v) is 6.34. The zero-order valence-electron chi connectivity index (χ0n) is 49.3. The Labute approximate surface area is 529 Å². The molecule has 0 spiro atoms. The third kappa shape index (κ3) is 28.8. The largest absolute Gasteiger partial charge is 0.505 e. The van der Waals surface area contributed by atoms with Gasteiger partial charge in [0.1, 0.15) is 76.7 Å². The summed E-state index contributed by atoms with van der Waals surface area (Å²) in [5, 5.41) is 17.0. The van der Waals surface area contributed by atoms with Gasteiger partial charge >= 0.3 is 23.9 Å². The van der Waals surface area contributed by atoms with Gasteiger partial charge in [-0.2, -0.15) is 0 Å². The molecule has 0 saturated heterocycles. The summed E-state index contributed by atoms with van der Waals surface area (Å²) in [6.07, 6.45) is 10.6. The summed E-state index contributed by atoms with van der Waals surface area (Å²) < 4.78 is 167. The van der Waals surface area contributed by atoms with E-state index in [1.807, 2.05) is 13.8 Å². The number of primary amides is 5. The van der Waals surface area contributed by atoms with Crippen molar-refractivity contribution in [3.8, 4) is 28.7 Å². The molecule has 5 rings (SSSR count). The molecule has 0 fully saturated rings. The van der Waals surface area contributed by atoms with E-state index in [0.717, 1.165) is 111 Å². The van der Waals surface area contributed by atoms with Gasteiger partial charge in [0, 0.05) is 24.6 Å². The van der Waals surface area contributed by atoms with Gasteiger partial charge < -0.3 is 72.0 Å². The van der Waals surface area contributed by atoms with E-state index in [0.29, 0.717) is 19.6 Å². The molecule has 0 heterocycles. The molecule has 0 aromatic heterocycles. The summed E-state index contributed by atoms with van der Waals surface area (Å²) in [7, 11) is 1.20. The predicted octanol–water partition coefficient (Wildman–Crippen LogP) is 8.57. The molecule has 5 aromatic rings. The van der Waals surface area contributed by atoms with Crippen LogP contribution in [0.25, 0.3) is 0 Å². The van der Waals surface area contributed by atoms with Crippen LogP contribution >= 0.6 is 0 Å². The van der Waals surface area contributed by atoms with Crippen molar-refractivity contribution in [2.24, 2.45) is 28.7 Å². The number of rotatable bonds is 28. The lowest BCUT2D eigenvalue weighted by molar-refractivity contribution is -0.144. The van der Waals surface area contributed by atoms with Crippen molar-refractivity contribution in [3.63, 3.8) is 0 Å². The summed E-state index contributed by atoms with van der Waals surface area (Å²) in [4.78, 5) is 97.4. The van der Waals surface area contributed by atoms with Crippen LogP contribution in [-0.4, -0.2) is 110 Å². The summed E-state index contributed by atoms with van der Waals surface area (Å²) in [5.74, 6) is -22.4. The quantitative estimate of drug-likeness (QED) is 0.00810. The minimum absolute atomic E-state index is 0. The third-order valence-corrected chi connectivity index (χ3v) is 10.8. The second-order valence-electron chi connectivity index (χ2n) is 17.6. The lowest BCUT2D eigenvalue weighted by atomic mass is 10.1. The molecule has 94 heavy (non-hydrogen) atoms. The van der Waals surface area contributed by atoms with Crippen molar-refractivity contribution < 1.29 is 130 Å². The van der Waals surface area contributed by atoms with Crippen LogP contribution in [0.3, 0.4) is 0 Å². The van der Waals surface area contributed by atoms with E-state index in [1.54, 1.807) is 0 Å². The van der Waals surface area contributed by atoms with Crippen molar-refractivity contribution in [2.75, 3.05) is 46.8 Å². The number of unbranched alkanes of at least 4 members (excludes halogenated alkanes) is 2. The summed E-state index contributed by atoms with van der Waals surface area (Å²) in [6.45, 7) is 4.14. The SMILES string of the molecule is C.CCCCOC(=O)C=CCOc1ccc(F)c(C(N)=O)c1F.CCCCOC(=O)CCCOc1ccc(F)c(C(N)=O)c1F.COC(=O)C=CCOc1ccc(F)c(C(N)=O)c1F.NC(=O)c1c(F)ccc(O)c1F.NC(=O)c1c(F)ccc(OCC=CC(=O)O)c1F. The first-order chi connectivity index (χ1) is 43.9. The van der Waals surface area contributed by atoms with Gasteiger partial charge in [-0.05, 0) is 98.2 Å². The van der Waals surface area contributed by atoms with Crippen LogP contribution in [-0.2, 0) is 33.4 Å². The average Bonchev–Trinajstić information content (AvgIpc) is 0.961. The first-order valence-electron chi connectivity index (χ1n) is 26.6. The van der Waals surface area contributed by atoms with E-state index in [9.17, 15) is 87.1 Å². The van der Waals surface area contributed by atoms with E-state index < -0.39 is 139 Å². The molecule has 0 unspecified atom stereocenters. The van der Waals surface area contributed by atoms with Gasteiger partial charge in [0.15, 0.2) is 57.8 Å². The highest BCUT2D eigenvalue weighted by atomic mass is 19.2. The van der Waals surface area contributed by atoms with Crippen LogP contribution in [0.5, 0.6) is 28.7 Å². The number of ether oxygens (including phenoxy) is 7. The minimum atomic E-state index is -1.33. The van der Waals surface area contributed by atoms with Crippen LogP contribution in [0.1, 0.15) is 112 Å². The highest BCUT2D eigenvalue weighted by Crippen LogP contribution is 2.27. The number of aromatic hydroxyl groups is 1. The molecule has 512 valence electrons. The number of methoxy groups -OCH3 is 1. The topological polar surface area (TPSA) is 389 Å². The monoisotopic (exact) mass is 1350 g/mol. The molecule has 0 saturated carbocycles. The van der Waals surface area contributed by atoms with Crippen LogP contribution in [0.4, 0.5) is 43.9 Å². The Morgan fingerprint density at radius 1 is 0.415 bits per heavy atom. The number of phenolic OH excluding ortho intramolecular Hbond substituents is 1. The Kier molecular flexibility index (Phi) is 38.4. The maximum absolute atomic E-state index is 13.8. The van der Waals surface area contributed by atoms with Gasteiger partial charge in [-0.1, -0.05) is 34.1 Å². The van der Waals surface area contributed by atoms with Crippen molar-refractivity contribution in [1.29, 1.82) is 0 Å². The van der Waals surface area contributed by atoms with Crippen molar-refractivity contribution in [2.45, 2.75) is 59.8 Å². The number of carbonyl (C=O) groups excluding carboxylic acids is 8. The summed E-state index contributed by atoms with van der Waals surface area (Å²) in [6, 6.07) is 9.13. The maximum atomic E-state index is 13.8. The maximum Gasteiger partial charge on any atom is 0.330 e. The molecule has 0 aliphatic heterocycles. The van der Waals surface area contributed by atoms with Crippen LogP contribution in [0.2, 0.25) is 0 Å². The molecule has 12 N–H and O–H groups in total. The number of nitrogens with two attached hydrogens (primary N) is 5. The molecule has 0 aliphatic carbocycles. The molecule has 33 heteroatoms. The normalized spacial score (nSPS) is 10.3. The number of carbonyl (C=O) groups is 9. The van der Waals surface area contributed by atoms with E-state index in [-0.39, 0.29) is 69.2 Å². The first-order valence-corrected chi connectivity index (χ1v) is 26.6. The van der Waals surface area contributed by atoms with E-state index in [4.69, 9.17) is 61.6 Å². The Morgan fingerprint density at radius 2 is 0.723 bits per heavy atom. The smallest absolute Gasteiger partial charge is 0.330 e. The Balaban J connectivity index is 0.00000116. The predicted molar refractivity (Wildman–Crippen MR) is 313 cm³/mol. The third-order valence-electron chi connectivity index (χ3n) is 10.8. The number of halogens is 10. The van der Waals surface area contributed by atoms with Gasteiger partial charge in [0.2, 0.25) is 0 Å². The fraction of sp³-hybridized carbons (Fsp3) is 0.262. The molecule has 23 nitrogen and oxygen atoms in total. The van der Waals surface area contributed by atoms with Crippen molar-refractivity contribution in [1.82, 2.24) is 0 Å². The van der Waals surface area contributed by atoms with E-state index >= 15 is 0 Å². The van der Waals surface area contributed by atoms with Crippen molar-refractivity contribution in [3.05, 3.63) is 183 Å². The second-order valence-corrected chi connectivity index (χ2v) is 17.6. The fourth-order valence-electron chi connectivity index (χ4n) is 6.34. The molecular formula is C61H65F10N5O18. The van der Waals surface area contributed by atoms with Gasteiger partial charge in [-0.15, -0.1) is 0 Å². The molecule has 0 radical (unpaired) electrons. The number of carboxylic acids is 1. The Hall–Kier alpha value is -11.2. The number of carboxylic acid groups (broad SMARTS) is 1. The number of hydrogen-bond acceptors (Lipinski definition) is 17. The number of aliphatic carboxylic acids is 1. The van der Waals surface area contributed by atoms with Crippen LogP contribution in [0, 0.1) is 58.2 Å². The highest BCUT2D eigenvalue weighted by molar-refractivity contribution is 5.96. The summed E-state index contributed by atoms with van der Waals surface area (Å²) in [5.41, 5.74) is 19.7. The van der Waals surface area contributed by atoms with Crippen LogP contribution in [0.15, 0.2) is 97.1 Å². The van der Waals surface area contributed by atoms with E-state index in [2.05, 4.69) is 10.5 Å². The van der Waals surface area contributed by atoms with Crippen LogP contribution < -0.4 is 47.6 Å². The molecule has 5 amide bonds. The number of amides is 5. The summed E-state index contributed by atoms with van der Waals surface area (Å²) >= 11 is 0. The van der Waals surface area contributed by atoms with Gasteiger partial charge in [0.05, 0.1) is 26.9 Å². The zero-order chi connectivity index (χ0) is 70.5. The Bertz CT molecular complexity index is 3540. The standard InChI is InChI=1S/C15H19F2NO4.C15H17F2NO4.C12H11F2NO4.C11H9F2NO4.C7H5F2NO2.CH4/c2*1-2-3-8-22-12(19)5-4-9-21-11-7-6-10(16)13(14(11)17)15(18)20;1-18-9(16)3-2-6-19-8-5-4-7(13)10(11(8)14)12(15)17;12-6-3-4-7(10(13)9(6)11(14)17)18-5-1-2-8(15)16;8-3-1-2-4(11)6(9)5(3)7(10)12;/h6-7H,2-5,8-9H2,1H3,(H2,18,20);4-7H,2-3,8-9H2,1H3,(H2,18,20);2-5H,6H2,1H3,(H2,15,17);1-4H,5H2,(H2,14,17)(H,15,16);1-2,11H,(H2,10,12);1H4. The number of benzene rings is 5. The van der Waals surface area contributed by atoms with Gasteiger partial charge in [-0.3, -0.25) is 28.8 Å². The highest BCUT2D eigenvalue weighted by Gasteiger charge is 2.23. The zero-order valence-corrected chi connectivity index (χ0v) is 49.3. The van der Waals surface area contributed by atoms with Crippen molar-refractivity contribution >= 4 is 53.4 Å². The first kappa shape index (κ1) is 82.8. The second kappa shape index (κ2) is 43.5. The molecule has 0 atom stereocenters. The molecule has 5 aromatic carbocycles. The Morgan fingerprint density at radius 3 is 1.04 bits per heavy atom. The molecular weight excluding hydrogens is 1280 g/mol. The number of hydrogen-bond donors (Lipinski definition) is 7. The average molecular weight is 1350 g/mol. The van der Waals surface area contributed by atoms with E-state index in [1.165, 1.54) is 19.3 Å². The number of esters is 3. The van der Waals surface area contributed by atoms with Gasteiger partial charge in [0.25, 0.3) is 29.5 Å². The lowest BCUT2D eigenvalue weighted by Crippen LogP contribution is -2.16. The molecule has 0 aliphatic rings. The minimum Gasteiger partial charge on any atom is -0.505 e. The lowest BCUT2D eigenvalue weighted by Gasteiger charge is -2.09. The number of phenols is 1. The molecule has 0 bridgehead atoms.